The lowest BCUT2D eigenvalue weighted by Crippen LogP contribution is -2.37. The summed E-state index contributed by atoms with van der Waals surface area (Å²) in [6.07, 6.45) is 7.36. The smallest absolute Gasteiger partial charge is 0.257 e. The lowest BCUT2D eigenvalue weighted by Gasteiger charge is -2.30. The van der Waals surface area contributed by atoms with Crippen molar-refractivity contribution >= 4 is 17.2 Å². The maximum atomic E-state index is 13.2. The van der Waals surface area contributed by atoms with Gasteiger partial charge in [-0.25, -0.2) is 4.98 Å². The van der Waals surface area contributed by atoms with Crippen molar-refractivity contribution in [2.45, 2.75) is 64.5 Å². The van der Waals surface area contributed by atoms with Crippen LogP contribution in [0.4, 0.5) is 0 Å². The second kappa shape index (κ2) is 10.2. The molecule has 1 unspecified atom stereocenters. The molecular weight excluding hydrogens is 484 g/mol. The van der Waals surface area contributed by atoms with Crippen molar-refractivity contribution in [3.05, 3.63) is 96.9 Å². The number of halogens is 1. The van der Waals surface area contributed by atoms with Crippen LogP contribution in [-0.4, -0.2) is 44.2 Å². The van der Waals surface area contributed by atoms with Crippen LogP contribution in [0.5, 0.6) is 0 Å². The molecule has 1 fully saturated rings. The van der Waals surface area contributed by atoms with Gasteiger partial charge in [0.25, 0.3) is 5.56 Å². The molecule has 1 N–H and O–H groups in total. The molecule has 0 bridgehead atoms. The number of rotatable bonds is 3. The third-order valence-electron chi connectivity index (χ3n) is 8.28. The van der Waals surface area contributed by atoms with Crippen molar-refractivity contribution in [1.29, 1.82) is 0 Å². The van der Waals surface area contributed by atoms with Gasteiger partial charge in [-0.1, -0.05) is 29.3 Å². The van der Waals surface area contributed by atoms with E-state index in [1.807, 2.05) is 25.3 Å². The number of hydrogen-bond donors (Lipinski definition) is 1. The van der Waals surface area contributed by atoms with Crippen LogP contribution in [0.3, 0.4) is 0 Å². The molecule has 6 nitrogen and oxygen atoms in total. The van der Waals surface area contributed by atoms with Crippen molar-refractivity contribution in [3.63, 3.8) is 0 Å². The molecule has 1 saturated heterocycles. The fraction of sp³-hybridized carbons (Fsp3) is 0.433. The summed E-state index contributed by atoms with van der Waals surface area (Å²) < 4.78 is 1.69. The van der Waals surface area contributed by atoms with Gasteiger partial charge in [-0.15, -0.1) is 0 Å². The van der Waals surface area contributed by atoms with Gasteiger partial charge in [0.05, 0.1) is 5.69 Å². The molecule has 3 aliphatic rings. The van der Waals surface area contributed by atoms with Gasteiger partial charge in [-0.2, -0.15) is 0 Å². The molecule has 2 aliphatic heterocycles. The van der Waals surface area contributed by atoms with Crippen LogP contribution in [0.15, 0.2) is 46.9 Å². The largest absolute Gasteiger partial charge is 0.385 e. The molecule has 1 atom stereocenters. The Morgan fingerprint density at radius 3 is 2.73 bits per heavy atom. The van der Waals surface area contributed by atoms with E-state index in [-0.39, 0.29) is 5.56 Å². The molecule has 3 aromatic rings. The number of aryl methyl sites for hydroxylation is 3. The van der Waals surface area contributed by atoms with Crippen LogP contribution in [-0.2, 0) is 25.8 Å². The monoisotopic (exact) mass is 516 g/mol. The van der Waals surface area contributed by atoms with Crippen molar-refractivity contribution < 1.29 is 5.11 Å². The predicted octanol–water partition coefficient (Wildman–Crippen LogP) is 4.67. The van der Waals surface area contributed by atoms with Crippen LogP contribution < -0.4 is 5.56 Å². The van der Waals surface area contributed by atoms with Crippen molar-refractivity contribution in [2.75, 3.05) is 19.6 Å². The van der Waals surface area contributed by atoms with Gasteiger partial charge >= 0.3 is 0 Å². The predicted molar refractivity (Wildman–Crippen MR) is 146 cm³/mol. The fourth-order valence-corrected chi connectivity index (χ4v) is 6.45. The number of piperidine rings is 1. The maximum absolute atomic E-state index is 13.2. The summed E-state index contributed by atoms with van der Waals surface area (Å²) in [5, 5.41) is 11.1. The zero-order chi connectivity index (χ0) is 25.5. The van der Waals surface area contributed by atoms with Crippen molar-refractivity contribution in [1.82, 2.24) is 19.4 Å². The average molecular weight is 517 g/mol. The molecule has 7 heteroatoms. The second-order valence-electron chi connectivity index (χ2n) is 10.5. The summed E-state index contributed by atoms with van der Waals surface area (Å²) >= 11 is 6.37. The topological polar surface area (TPSA) is 71.2 Å². The molecule has 0 spiro atoms. The van der Waals surface area contributed by atoms with Gasteiger partial charge in [-0.3, -0.25) is 14.3 Å². The summed E-state index contributed by atoms with van der Waals surface area (Å²) in [5.74, 6) is 0.533. The van der Waals surface area contributed by atoms with Gasteiger partial charge < -0.3 is 10.0 Å². The van der Waals surface area contributed by atoms with Crippen LogP contribution in [0.25, 0.3) is 5.57 Å². The summed E-state index contributed by atoms with van der Waals surface area (Å²) in [7, 11) is 0. The number of pyridine rings is 1. The van der Waals surface area contributed by atoms with Gasteiger partial charge in [-0.05, 0) is 86.8 Å². The second-order valence-corrected chi connectivity index (χ2v) is 11.0. The van der Waals surface area contributed by atoms with Crippen molar-refractivity contribution in [3.8, 4) is 0 Å². The maximum Gasteiger partial charge on any atom is 0.257 e. The van der Waals surface area contributed by atoms with Crippen LogP contribution in [0, 0.1) is 6.92 Å². The number of hydrogen-bond acceptors (Lipinski definition) is 5. The molecule has 4 heterocycles. The first-order chi connectivity index (χ1) is 18.0. The summed E-state index contributed by atoms with van der Waals surface area (Å²) in [5.41, 5.74) is 9.33. The standard InChI is InChI=1S/C30H33ClN4O2/c1-19-24(30(37)35-14-3-5-26(36)29(35)33-19)12-17-34-15-10-20(11-16-34)27-25-9-8-23(31)18-22(25)7-6-21-4-2-13-32-28(21)27/h2,4,8-9,13,18,26,36H,3,5-7,10-12,14-17H2,1H3. The van der Waals surface area contributed by atoms with Crippen LogP contribution >= 0.6 is 11.6 Å². The van der Waals surface area contributed by atoms with E-state index < -0.39 is 6.10 Å². The Labute approximate surface area is 222 Å². The lowest BCUT2D eigenvalue weighted by molar-refractivity contribution is 0.129. The Balaban J connectivity index is 1.23. The highest BCUT2D eigenvalue weighted by molar-refractivity contribution is 6.30. The van der Waals surface area contributed by atoms with Gasteiger partial charge in [0.1, 0.15) is 11.9 Å². The van der Waals surface area contributed by atoms with Gasteiger partial charge in [0.15, 0.2) is 0 Å². The average Bonchev–Trinajstić information content (AvgIpc) is 3.06. The summed E-state index contributed by atoms with van der Waals surface area (Å²) in [6, 6.07) is 10.5. The van der Waals surface area contributed by atoms with Crippen LogP contribution in [0.2, 0.25) is 5.02 Å². The third-order valence-corrected chi connectivity index (χ3v) is 8.51. The number of aliphatic hydroxyl groups is 1. The van der Waals surface area contributed by atoms with E-state index in [9.17, 15) is 9.90 Å². The zero-order valence-electron chi connectivity index (χ0n) is 21.3. The minimum atomic E-state index is -0.632. The quantitative estimate of drug-likeness (QED) is 0.548. The lowest BCUT2D eigenvalue weighted by atomic mass is 9.88. The Bertz CT molecular complexity index is 1430. The number of fused-ring (bicyclic) bond motifs is 3. The highest BCUT2D eigenvalue weighted by Gasteiger charge is 2.26. The van der Waals surface area contributed by atoms with E-state index in [4.69, 9.17) is 16.6 Å². The number of aliphatic hydroxyl groups excluding tert-OH is 1. The van der Waals surface area contributed by atoms with E-state index >= 15 is 0 Å². The minimum absolute atomic E-state index is 0.0254. The molecular formula is C30H33ClN4O2. The van der Waals surface area contributed by atoms with E-state index in [2.05, 4.69) is 28.1 Å². The Kier molecular flexibility index (Phi) is 6.74. The number of benzene rings is 1. The molecule has 1 aromatic carbocycles. The highest BCUT2D eigenvalue weighted by atomic mass is 35.5. The molecule has 0 radical (unpaired) electrons. The first-order valence-electron chi connectivity index (χ1n) is 13.5. The van der Waals surface area contributed by atoms with Crippen LogP contribution in [0.1, 0.15) is 71.3 Å². The highest BCUT2D eigenvalue weighted by Crippen LogP contribution is 2.38. The SMILES string of the molecule is Cc1nc2n(c(=O)c1CCN1CCC(=C3c4ccc(Cl)cc4CCc4cccnc43)CC1)CCCC2O. The van der Waals surface area contributed by atoms with E-state index in [0.29, 0.717) is 25.2 Å². The van der Waals surface area contributed by atoms with E-state index in [0.717, 1.165) is 73.7 Å². The Morgan fingerprint density at radius 2 is 1.89 bits per heavy atom. The molecule has 0 saturated carbocycles. The minimum Gasteiger partial charge on any atom is -0.385 e. The van der Waals surface area contributed by atoms with E-state index in [1.54, 1.807) is 4.57 Å². The molecule has 1 aliphatic carbocycles. The number of nitrogens with zero attached hydrogens (tertiary/aromatic N) is 4. The first-order valence-corrected chi connectivity index (χ1v) is 13.8. The molecule has 0 amide bonds. The first kappa shape index (κ1) is 24.5. The van der Waals surface area contributed by atoms with Crippen molar-refractivity contribution in [2.24, 2.45) is 0 Å². The molecule has 37 heavy (non-hydrogen) atoms. The Morgan fingerprint density at radius 1 is 1.08 bits per heavy atom. The number of aromatic nitrogens is 3. The third kappa shape index (κ3) is 4.67. The Hall–Kier alpha value is -2.80. The summed E-state index contributed by atoms with van der Waals surface area (Å²) in [6.45, 7) is 5.30. The van der Waals surface area contributed by atoms with Gasteiger partial charge in [0.2, 0.25) is 0 Å². The normalized spacial score (nSPS) is 19.7. The van der Waals surface area contributed by atoms with Gasteiger partial charge in [0, 0.05) is 54.2 Å². The molecule has 6 rings (SSSR count). The van der Waals surface area contributed by atoms with E-state index in [1.165, 1.54) is 27.8 Å². The molecule has 2 aromatic heterocycles. The summed E-state index contributed by atoms with van der Waals surface area (Å²) in [4.78, 5) is 25.1. The zero-order valence-corrected chi connectivity index (χ0v) is 22.1. The fourth-order valence-electron chi connectivity index (χ4n) is 6.25. The number of likely N-dealkylation sites (tertiary alicyclic amines) is 1. The molecule has 192 valence electrons.